The highest BCUT2D eigenvalue weighted by Crippen LogP contribution is 2.54. The highest BCUT2D eigenvalue weighted by Gasteiger charge is 2.51. The zero-order valence-electron chi connectivity index (χ0n) is 21.4. The van der Waals surface area contributed by atoms with E-state index >= 15 is 0 Å². The van der Waals surface area contributed by atoms with Crippen molar-refractivity contribution in [3.05, 3.63) is 70.3 Å². The standard InChI is InChI=1S/C31H28Cl2N4O2/c32-24-14-34-15-25(33)28(24)29-22(30(39-36-29)19-2-3-19)7-1-18-12-31(13-18)16-37(17-31)20-4-8-26-23(11-20)27(9-10-35-26)38-21-5-6-21/h1,4,7-11,14-15,18-19,21H,2-3,5-6,12-13,16-17H2/b7-1+. The number of anilines is 1. The fraction of sp³-hybridized carbons (Fsp3) is 0.387. The van der Waals surface area contributed by atoms with Crippen LogP contribution in [0.5, 0.6) is 5.75 Å². The summed E-state index contributed by atoms with van der Waals surface area (Å²) in [5.74, 6) is 2.89. The van der Waals surface area contributed by atoms with Gasteiger partial charge in [-0.05, 0) is 68.7 Å². The number of rotatable bonds is 7. The number of benzene rings is 1. The van der Waals surface area contributed by atoms with Crippen LogP contribution in [0.4, 0.5) is 5.69 Å². The number of pyridine rings is 2. The molecule has 0 bridgehead atoms. The van der Waals surface area contributed by atoms with Crippen molar-refractivity contribution in [2.45, 2.75) is 50.5 Å². The molecule has 0 atom stereocenters. The van der Waals surface area contributed by atoms with E-state index in [1.807, 2.05) is 12.3 Å². The minimum Gasteiger partial charge on any atom is -0.490 e. The van der Waals surface area contributed by atoms with Crippen molar-refractivity contribution >= 4 is 45.9 Å². The smallest absolute Gasteiger partial charge is 0.147 e. The number of hydrogen-bond donors (Lipinski definition) is 0. The van der Waals surface area contributed by atoms with Crippen molar-refractivity contribution in [2.24, 2.45) is 11.3 Å². The fourth-order valence-corrected chi connectivity index (χ4v) is 6.87. The second kappa shape index (κ2) is 8.97. The van der Waals surface area contributed by atoms with Crippen molar-refractivity contribution in [3.63, 3.8) is 0 Å². The number of hydrogen-bond acceptors (Lipinski definition) is 6. The van der Waals surface area contributed by atoms with E-state index in [2.05, 4.69) is 50.4 Å². The third-order valence-electron chi connectivity index (χ3n) is 8.64. The van der Waals surface area contributed by atoms with E-state index in [1.54, 1.807) is 12.4 Å². The second-order valence-electron chi connectivity index (χ2n) is 11.8. The summed E-state index contributed by atoms with van der Waals surface area (Å²) < 4.78 is 12.0. The van der Waals surface area contributed by atoms with Crippen molar-refractivity contribution in [2.75, 3.05) is 18.0 Å². The van der Waals surface area contributed by atoms with Crippen LogP contribution >= 0.6 is 23.2 Å². The molecule has 4 heterocycles. The van der Waals surface area contributed by atoms with Gasteiger partial charge in [-0.1, -0.05) is 40.5 Å². The summed E-state index contributed by atoms with van der Waals surface area (Å²) in [6, 6.07) is 8.57. The molecule has 1 saturated heterocycles. The Bertz CT molecular complexity index is 1590. The Morgan fingerprint density at radius 3 is 2.56 bits per heavy atom. The molecule has 0 amide bonds. The molecule has 198 valence electrons. The van der Waals surface area contributed by atoms with Crippen LogP contribution in [0.3, 0.4) is 0 Å². The van der Waals surface area contributed by atoms with Crippen molar-refractivity contribution in [1.29, 1.82) is 0 Å². The fourth-order valence-electron chi connectivity index (χ4n) is 6.33. The van der Waals surface area contributed by atoms with E-state index in [-0.39, 0.29) is 0 Å². The van der Waals surface area contributed by atoms with Gasteiger partial charge in [0, 0.05) is 65.2 Å². The maximum atomic E-state index is 6.47. The number of halogens is 2. The first-order valence-corrected chi connectivity index (χ1v) is 14.6. The first-order valence-electron chi connectivity index (χ1n) is 13.8. The van der Waals surface area contributed by atoms with Gasteiger partial charge in [0.25, 0.3) is 0 Å². The van der Waals surface area contributed by atoms with Gasteiger partial charge >= 0.3 is 0 Å². The number of fused-ring (bicyclic) bond motifs is 1. The molecule has 0 radical (unpaired) electrons. The molecule has 4 fully saturated rings. The third kappa shape index (κ3) is 4.29. The molecule has 8 heteroatoms. The SMILES string of the molecule is Clc1cncc(Cl)c1-c1noc(C2CC2)c1/C=C/C1CC2(C1)CN(c1ccc3nccc(OC4CC4)c3c1)C2. The summed E-state index contributed by atoms with van der Waals surface area (Å²) in [7, 11) is 0. The number of nitrogens with zero attached hydrogens (tertiary/aromatic N) is 4. The third-order valence-corrected chi connectivity index (χ3v) is 9.21. The van der Waals surface area contributed by atoms with E-state index in [1.165, 1.54) is 18.5 Å². The first kappa shape index (κ1) is 23.8. The highest BCUT2D eigenvalue weighted by molar-refractivity contribution is 6.39. The molecule has 1 spiro atoms. The average Bonchev–Trinajstić information content (AvgIpc) is 3.82. The molecule has 4 aromatic rings. The molecular formula is C31H28Cl2N4O2. The van der Waals surface area contributed by atoms with E-state index < -0.39 is 0 Å². The zero-order chi connectivity index (χ0) is 26.1. The van der Waals surface area contributed by atoms with E-state index in [9.17, 15) is 0 Å². The van der Waals surface area contributed by atoms with Gasteiger partial charge in [-0.3, -0.25) is 9.97 Å². The van der Waals surface area contributed by atoms with Gasteiger partial charge in [-0.2, -0.15) is 0 Å². The van der Waals surface area contributed by atoms with Crippen LogP contribution in [0, 0.1) is 11.3 Å². The number of aromatic nitrogens is 3. The largest absolute Gasteiger partial charge is 0.490 e. The van der Waals surface area contributed by atoms with Gasteiger partial charge in [0.15, 0.2) is 0 Å². The summed E-state index contributed by atoms with van der Waals surface area (Å²) in [4.78, 5) is 11.1. The summed E-state index contributed by atoms with van der Waals surface area (Å²) in [6.07, 6.45) is 16.9. The molecule has 0 unspecified atom stereocenters. The molecular weight excluding hydrogens is 531 g/mol. The van der Waals surface area contributed by atoms with Crippen LogP contribution in [0.1, 0.15) is 55.8 Å². The number of ether oxygens (including phenoxy) is 1. The van der Waals surface area contributed by atoms with Crippen LogP contribution in [0.2, 0.25) is 10.0 Å². The monoisotopic (exact) mass is 558 g/mol. The Morgan fingerprint density at radius 2 is 1.82 bits per heavy atom. The Labute approximate surface area is 237 Å². The first-order chi connectivity index (χ1) is 19.1. The minimum atomic E-state index is 0.374. The van der Waals surface area contributed by atoms with Crippen LogP contribution < -0.4 is 9.64 Å². The maximum Gasteiger partial charge on any atom is 0.147 e. The molecule has 1 aromatic carbocycles. The van der Waals surface area contributed by atoms with Gasteiger partial charge in [0.1, 0.15) is 17.2 Å². The van der Waals surface area contributed by atoms with Crippen molar-refractivity contribution in [3.8, 4) is 17.0 Å². The minimum absolute atomic E-state index is 0.374. The molecule has 3 aliphatic carbocycles. The normalized spacial score (nSPS) is 20.5. The summed E-state index contributed by atoms with van der Waals surface area (Å²) >= 11 is 12.9. The van der Waals surface area contributed by atoms with Crippen LogP contribution in [0.25, 0.3) is 28.2 Å². The Hall–Kier alpha value is -3.09. The van der Waals surface area contributed by atoms with Gasteiger partial charge in [-0.15, -0.1) is 0 Å². The lowest BCUT2D eigenvalue weighted by atomic mass is 9.57. The van der Waals surface area contributed by atoms with Gasteiger partial charge < -0.3 is 14.2 Å². The lowest BCUT2D eigenvalue weighted by Crippen LogP contribution is -2.62. The molecule has 8 rings (SSSR count). The van der Waals surface area contributed by atoms with Crippen LogP contribution in [-0.2, 0) is 0 Å². The Morgan fingerprint density at radius 1 is 1.03 bits per heavy atom. The van der Waals surface area contributed by atoms with E-state index in [4.69, 9.17) is 32.5 Å². The second-order valence-corrected chi connectivity index (χ2v) is 12.6. The van der Waals surface area contributed by atoms with Gasteiger partial charge in [0.05, 0.1) is 21.7 Å². The molecule has 3 saturated carbocycles. The molecule has 39 heavy (non-hydrogen) atoms. The summed E-state index contributed by atoms with van der Waals surface area (Å²) in [6.45, 7) is 2.19. The van der Waals surface area contributed by atoms with E-state index in [0.29, 0.717) is 44.7 Å². The Balaban J connectivity index is 0.967. The van der Waals surface area contributed by atoms with Crippen LogP contribution in [0.15, 0.2) is 53.5 Å². The quantitative estimate of drug-likeness (QED) is 0.229. The van der Waals surface area contributed by atoms with Gasteiger partial charge in [0.2, 0.25) is 0 Å². The lowest BCUT2D eigenvalue weighted by molar-refractivity contribution is 0.0486. The molecule has 3 aromatic heterocycles. The lowest BCUT2D eigenvalue weighted by Gasteiger charge is -2.59. The van der Waals surface area contributed by atoms with Crippen LogP contribution in [-0.4, -0.2) is 34.3 Å². The van der Waals surface area contributed by atoms with Gasteiger partial charge in [-0.25, -0.2) is 0 Å². The zero-order valence-corrected chi connectivity index (χ0v) is 23.0. The predicted octanol–water partition coefficient (Wildman–Crippen LogP) is 7.94. The summed E-state index contributed by atoms with van der Waals surface area (Å²) in [5, 5.41) is 6.48. The average molecular weight is 559 g/mol. The molecule has 0 N–H and O–H groups in total. The summed E-state index contributed by atoms with van der Waals surface area (Å²) in [5.41, 5.74) is 5.08. The Kier molecular flexibility index (Phi) is 5.46. The topological polar surface area (TPSA) is 64.3 Å². The number of allylic oxidation sites excluding steroid dienone is 1. The molecule has 6 nitrogen and oxygen atoms in total. The molecule has 1 aliphatic heterocycles. The van der Waals surface area contributed by atoms with E-state index in [0.717, 1.165) is 66.7 Å². The highest BCUT2D eigenvalue weighted by atomic mass is 35.5. The van der Waals surface area contributed by atoms with Crippen molar-refractivity contribution in [1.82, 2.24) is 15.1 Å². The maximum absolute atomic E-state index is 6.47. The van der Waals surface area contributed by atoms with Crippen molar-refractivity contribution < 1.29 is 9.26 Å². The molecule has 4 aliphatic rings. The predicted molar refractivity (Wildman–Crippen MR) is 154 cm³/mol.